The maximum absolute atomic E-state index is 13.1. The Morgan fingerprint density at radius 2 is 1.83 bits per heavy atom. The number of rotatable bonds is 3. The summed E-state index contributed by atoms with van der Waals surface area (Å²) in [6, 6.07) is 3.16. The fraction of sp³-hybridized carbons (Fsp3) is 0.167. The molecule has 94 valence electrons. The Hall–Kier alpha value is -1.75. The van der Waals surface area contributed by atoms with Gasteiger partial charge in [-0.05, 0) is 18.6 Å². The molecule has 1 aromatic heterocycles. The van der Waals surface area contributed by atoms with Gasteiger partial charge in [0.25, 0.3) is 0 Å². The first-order valence-corrected chi connectivity index (χ1v) is 5.70. The second-order valence-electron chi connectivity index (χ2n) is 3.63. The van der Waals surface area contributed by atoms with Gasteiger partial charge >= 0.3 is 0 Å². The topological polar surface area (TPSA) is 37.8 Å². The van der Waals surface area contributed by atoms with E-state index in [1.54, 1.807) is 0 Å². The van der Waals surface area contributed by atoms with Crippen LogP contribution < -0.4 is 5.32 Å². The Morgan fingerprint density at radius 3 is 2.44 bits per heavy atom. The Bertz CT molecular complexity index is 555. The fourth-order valence-electron chi connectivity index (χ4n) is 1.57. The maximum atomic E-state index is 13.1. The van der Waals surface area contributed by atoms with Crippen molar-refractivity contribution in [2.75, 3.05) is 5.32 Å². The fourth-order valence-corrected chi connectivity index (χ4v) is 1.84. The van der Waals surface area contributed by atoms with E-state index in [4.69, 9.17) is 11.6 Å². The van der Waals surface area contributed by atoms with E-state index < -0.39 is 11.6 Å². The SMILES string of the molecule is CCc1c(Cl)ncnc1Nc1cc(F)cc(F)c1. The summed E-state index contributed by atoms with van der Waals surface area (Å²) in [5.74, 6) is -0.867. The van der Waals surface area contributed by atoms with Crippen molar-refractivity contribution in [3.8, 4) is 0 Å². The number of nitrogens with one attached hydrogen (secondary N) is 1. The predicted octanol–water partition coefficient (Wildman–Crippen LogP) is 3.71. The molecule has 0 spiro atoms. The molecule has 0 aliphatic carbocycles. The van der Waals surface area contributed by atoms with Gasteiger partial charge in [-0.2, -0.15) is 0 Å². The van der Waals surface area contributed by atoms with Gasteiger partial charge in [-0.1, -0.05) is 18.5 Å². The molecule has 0 saturated heterocycles. The van der Waals surface area contributed by atoms with Gasteiger partial charge in [-0.15, -0.1) is 0 Å². The summed E-state index contributed by atoms with van der Waals surface area (Å²) < 4.78 is 26.1. The maximum Gasteiger partial charge on any atom is 0.138 e. The van der Waals surface area contributed by atoms with Gasteiger partial charge in [0.2, 0.25) is 0 Å². The van der Waals surface area contributed by atoms with Crippen molar-refractivity contribution >= 4 is 23.1 Å². The van der Waals surface area contributed by atoms with E-state index in [-0.39, 0.29) is 5.69 Å². The van der Waals surface area contributed by atoms with Crippen LogP contribution in [0, 0.1) is 11.6 Å². The molecule has 2 aromatic rings. The second kappa shape index (κ2) is 5.27. The molecule has 1 N–H and O–H groups in total. The van der Waals surface area contributed by atoms with E-state index in [2.05, 4.69) is 15.3 Å². The predicted molar refractivity (Wildman–Crippen MR) is 66.1 cm³/mol. The Kier molecular flexibility index (Phi) is 3.72. The smallest absolute Gasteiger partial charge is 0.138 e. The summed E-state index contributed by atoms with van der Waals surface area (Å²) in [6.45, 7) is 1.89. The lowest BCUT2D eigenvalue weighted by Crippen LogP contribution is -2.01. The van der Waals surface area contributed by atoms with E-state index >= 15 is 0 Å². The highest BCUT2D eigenvalue weighted by Gasteiger charge is 2.09. The standard InChI is InChI=1S/C12H10ClF2N3/c1-2-10-11(13)16-6-17-12(10)18-9-4-7(14)3-8(15)5-9/h3-6H,2H2,1H3,(H,16,17,18). The number of hydrogen-bond donors (Lipinski definition) is 1. The van der Waals surface area contributed by atoms with Crippen molar-refractivity contribution in [3.05, 3.63) is 46.9 Å². The molecule has 0 unspecified atom stereocenters. The van der Waals surface area contributed by atoms with Crippen LogP contribution in [0.4, 0.5) is 20.3 Å². The van der Waals surface area contributed by atoms with Crippen molar-refractivity contribution in [1.82, 2.24) is 9.97 Å². The molecule has 1 aromatic carbocycles. The van der Waals surface area contributed by atoms with Gasteiger partial charge in [0, 0.05) is 17.3 Å². The molecule has 0 atom stereocenters. The van der Waals surface area contributed by atoms with Gasteiger partial charge in [-0.3, -0.25) is 0 Å². The van der Waals surface area contributed by atoms with Gasteiger partial charge in [0.15, 0.2) is 0 Å². The molecule has 0 amide bonds. The van der Waals surface area contributed by atoms with Crippen LogP contribution in [0.1, 0.15) is 12.5 Å². The van der Waals surface area contributed by atoms with Gasteiger partial charge in [0.1, 0.15) is 28.9 Å². The van der Waals surface area contributed by atoms with Gasteiger partial charge < -0.3 is 5.32 Å². The van der Waals surface area contributed by atoms with Crippen LogP contribution in [0.3, 0.4) is 0 Å². The van der Waals surface area contributed by atoms with Crippen molar-refractivity contribution in [2.24, 2.45) is 0 Å². The minimum atomic E-state index is -0.657. The van der Waals surface area contributed by atoms with Crippen LogP contribution in [0.2, 0.25) is 5.15 Å². The lowest BCUT2D eigenvalue weighted by Gasteiger charge is -2.10. The summed E-state index contributed by atoms with van der Waals surface area (Å²) in [5.41, 5.74) is 0.973. The highest BCUT2D eigenvalue weighted by molar-refractivity contribution is 6.30. The van der Waals surface area contributed by atoms with E-state index in [9.17, 15) is 8.78 Å². The molecule has 0 aliphatic heterocycles. The van der Waals surface area contributed by atoms with Crippen LogP contribution in [0.25, 0.3) is 0 Å². The number of benzene rings is 1. The average molecular weight is 270 g/mol. The molecule has 6 heteroatoms. The molecule has 2 rings (SSSR count). The van der Waals surface area contributed by atoms with Crippen LogP contribution in [0.15, 0.2) is 24.5 Å². The number of aromatic nitrogens is 2. The average Bonchev–Trinajstić information content (AvgIpc) is 2.27. The van der Waals surface area contributed by atoms with Crippen LogP contribution in [-0.2, 0) is 6.42 Å². The Morgan fingerprint density at radius 1 is 1.17 bits per heavy atom. The van der Waals surface area contributed by atoms with E-state index in [1.165, 1.54) is 18.5 Å². The van der Waals surface area contributed by atoms with E-state index in [0.29, 0.717) is 23.0 Å². The van der Waals surface area contributed by atoms with Crippen molar-refractivity contribution in [3.63, 3.8) is 0 Å². The summed E-state index contributed by atoms with van der Waals surface area (Å²) in [5, 5.41) is 3.16. The molecule has 0 saturated carbocycles. The first-order valence-electron chi connectivity index (χ1n) is 5.32. The van der Waals surface area contributed by atoms with Crippen LogP contribution in [0.5, 0.6) is 0 Å². The third-order valence-electron chi connectivity index (χ3n) is 2.37. The molecule has 0 fully saturated rings. The minimum absolute atomic E-state index is 0.275. The molecule has 1 heterocycles. The molecule has 0 radical (unpaired) electrons. The van der Waals surface area contributed by atoms with Crippen LogP contribution in [-0.4, -0.2) is 9.97 Å². The monoisotopic (exact) mass is 269 g/mol. The summed E-state index contributed by atoms with van der Waals surface area (Å²) in [7, 11) is 0. The zero-order chi connectivity index (χ0) is 13.1. The summed E-state index contributed by atoms with van der Waals surface area (Å²) in [6.07, 6.45) is 1.90. The van der Waals surface area contributed by atoms with E-state index in [1.807, 2.05) is 6.92 Å². The van der Waals surface area contributed by atoms with Gasteiger partial charge in [-0.25, -0.2) is 18.7 Å². The first kappa shape index (κ1) is 12.7. The third kappa shape index (κ3) is 2.73. The highest BCUT2D eigenvalue weighted by Crippen LogP contribution is 2.24. The second-order valence-corrected chi connectivity index (χ2v) is 3.99. The molecule has 18 heavy (non-hydrogen) atoms. The zero-order valence-corrected chi connectivity index (χ0v) is 10.3. The van der Waals surface area contributed by atoms with Crippen molar-refractivity contribution < 1.29 is 8.78 Å². The minimum Gasteiger partial charge on any atom is -0.340 e. The Labute approximate surface area is 108 Å². The number of halogens is 3. The quantitative estimate of drug-likeness (QED) is 0.863. The zero-order valence-electron chi connectivity index (χ0n) is 9.54. The molecular weight excluding hydrogens is 260 g/mol. The molecule has 0 aliphatic rings. The van der Waals surface area contributed by atoms with Gasteiger partial charge in [0.05, 0.1) is 0 Å². The number of nitrogens with zero attached hydrogens (tertiary/aromatic N) is 2. The molecule has 0 bridgehead atoms. The lowest BCUT2D eigenvalue weighted by atomic mass is 10.2. The number of hydrogen-bond acceptors (Lipinski definition) is 3. The summed E-state index contributed by atoms with van der Waals surface area (Å²) >= 11 is 5.92. The largest absolute Gasteiger partial charge is 0.340 e. The normalized spacial score (nSPS) is 10.4. The van der Waals surface area contributed by atoms with E-state index in [0.717, 1.165) is 6.07 Å². The van der Waals surface area contributed by atoms with Crippen molar-refractivity contribution in [2.45, 2.75) is 13.3 Å². The first-order chi connectivity index (χ1) is 8.60. The molecule has 3 nitrogen and oxygen atoms in total. The van der Waals surface area contributed by atoms with Crippen molar-refractivity contribution in [1.29, 1.82) is 0 Å². The number of anilines is 2. The Balaban J connectivity index is 2.36. The highest BCUT2D eigenvalue weighted by atomic mass is 35.5. The lowest BCUT2D eigenvalue weighted by molar-refractivity contribution is 0.584. The third-order valence-corrected chi connectivity index (χ3v) is 2.70. The van der Waals surface area contributed by atoms with Crippen LogP contribution >= 0.6 is 11.6 Å². The summed E-state index contributed by atoms with van der Waals surface area (Å²) in [4.78, 5) is 7.87. The molecular formula is C12H10ClF2N3.